The highest BCUT2D eigenvalue weighted by Gasteiger charge is 2.30. The molecule has 3 N–H and O–H groups in total. The molecule has 6 heteroatoms. The topological polar surface area (TPSA) is 73.5 Å². The molecular formula is C11H22N4O2. The molecule has 1 aliphatic rings. The van der Waals surface area contributed by atoms with Gasteiger partial charge >= 0.3 is 6.03 Å². The second kappa shape index (κ2) is 5.97. The highest BCUT2D eigenvalue weighted by atomic mass is 16.2. The van der Waals surface area contributed by atoms with Crippen LogP contribution in [0.4, 0.5) is 4.79 Å². The van der Waals surface area contributed by atoms with E-state index in [0.717, 1.165) is 13.1 Å². The van der Waals surface area contributed by atoms with Crippen molar-refractivity contribution in [2.24, 2.45) is 0 Å². The van der Waals surface area contributed by atoms with Crippen LogP contribution in [-0.4, -0.2) is 55.1 Å². The molecule has 3 atom stereocenters. The van der Waals surface area contributed by atoms with E-state index in [4.69, 9.17) is 0 Å². The van der Waals surface area contributed by atoms with E-state index in [1.165, 1.54) is 7.05 Å². The third-order valence-electron chi connectivity index (χ3n) is 3.15. The summed E-state index contributed by atoms with van der Waals surface area (Å²) >= 11 is 0. The Morgan fingerprint density at radius 1 is 1.41 bits per heavy atom. The number of carbonyl (C=O) groups is 2. The van der Waals surface area contributed by atoms with Crippen LogP contribution in [0, 0.1) is 0 Å². The Bertz CT molecular complexity index is 295. The molecule has 6 nitrogen and oxygen atoms in total. The highest BCUT2D eigenvalue weighted by Crippen LogP contribution is 2.11. The second-order valence-electron chi connectivity index (χ2n) is 4.60. The van der Waals surface area contributed by atoms with E-state index in [2.05, 4.69) is 34.7 Å². The number of carbonyl (C=O) groups excluding carboxylic acids is 2. The van der Waals surface area contributed by atoms with Crippen LogP contribution in [0.3, 0.4) is 0 Å². The lowest BCUT2D eigenvalue weighted by atomic mass is 10.1. The molecule has 1 rings (SSSR count). The quantitative estimate of drug-likeness (QED) is 0.611. The van der Waals surface area contributed by atoms with Gasteiger partial charge in [-0.05, 0) is 20.8 Å². The SMILES string of the molecule is CNC(=O)NC(=O)C(C)N1CC(C)NCC1C. The van der Waals surface area contributed by atoms with Crippen molar-refractivity contribution < 1.29 is 9.59 Å². The standard InChI is InChI=1S/C11H22N4O2/c1-7-6-15(8(2)5-13-7)9(3)10(16)14-11(17)12-4/h7-9,13H,5-6H2,1-4H3,(H2,12,14,16,17). The highest BCUT2D eigenvalue weighted by molar-refractivity contribution is 5.96. The lowest BCUT2D eigenvalue weighted by Crippen LogP contribution is -2.60. The number of nitrogens with one attached hydrogen (secondary N) is 3. The van der Waals surface area contributed by atoms with E-state index in [1.807, 2.05) is 6.92 Å². The summed E-state index contributed by atoms with van der Waals surface area (Å²) in [5.74, 6) is -0.259. The van der Waals surface area contributed by atoms with Crippen molar-refractivity contribution in [3.63, 3.8) is 0 Å². The van der Waals surface area contributed by atoms with Gasteiger partial charge in [-0.25, -0.2) is 4.79 Å². The average Bonchev–Trinajstić information content (AvgIpc) is 2.31. The lowest BCUT2D eigenvalue weighted by molar-refractivity contribution is -0.126. The average molecular weight is 242 g/mol. The second-order valence-corrected chi connectivity index (χ2v) is 4.60. The van der Waals surface area contributed by atoms with Crippen LogP contribution in [0.1, 0.15) is 20.8 Å². The Hall–Kier alpha value is -1.14. The first-order chi connectivity index (χ1) is 7.95. The van der Waals surface area contributed by atoms with E-state index in [9.17, 15) is 9.59 Å². The molecule has 0 bridgehead atoms. The number of piperazine rings is 1. The summed E-state index contributed by atoms with van der Waals surface area (Å²) in [7, 11) is 1.49. The van der Waals surface area contributed by atoms with Crippen LogP contribution in [0.15, 0.2) is 0 Å². The number of imide groups is 1. The van der Waals surface area contributed by atoms with Crippen LogP contribution >= 0.6 is 0 Å². The smallest absolute Gasteiger partial charge is 0.321 e. The summed E-state index contributed by atoms with van der Waals surface area (Å²) in [6.07, 6.45) is 0. The largest absolute Gasteiger partial charge is 0.341 e. The molecule has 0 radical (unpaired) electrons. The summed E-state index contributed by atoms with van der Waals surface area (Å²) in [5.41, 5.74) is 0. The van der Waals surface area contributed by atoms with Crippen LogP contribution in [0.25, 0.3) is 0 Å². The molecule has 0 aromatic carbocycles. The Balaban J connectivity index is 2.58. The van der Waals surface area contributed by atoms with Gasteiger partial charge in [-0.1, -0.05) is 0 Å². The van der Waals surface area contributed by atoms with Gasteiger partial charge in [0.05, 0.1) is 6.04 Å². The maximum Gasteiger partial charge on any atom is 0.321 e. The number of hydrogen-bond acceptors (Lipinski definition) is 4. The van der Waals surface area contributed by atoms with Gasteiger partial charge in [-0.2, -0.15) is 0 Å². The van der Waals surface area contributed by atoms with Crippen molar-refractivity contribution in [2.75, 3.05) is 20.1 Å². The molecule has 1 saturated heterocycles. The molecule has 17 heavy (non-hydrogen) atoms. The fraction of sp³-hybridized carbons (Fsp3) is 0.818. The molecule has 3 amide bonds. The van der Waals surface area contributed by atoms with E-state index in [1.54, 1.807) is 0 Å². The lowest BCUT2D eigenvalue weighted by Gasteiger charge is -2.40. The number of hydrogen-bond donors (Lipinski definition) is 3. The summed E-state index contributed by atoms with van der Waals surface area (Å²) < 4.78 is 0. The number of nitrogens with zero attached hydrogens (tertiary/aromatic N) is 1. The zero-order chi connectivity index (χ0) is 13.0. The minimum atomic E-state index is -0.460. The van der Waals surface area contributed by atoms with E-state index < -0.39 is 6.03 Å². The Labute approximate surface area is 102 Å². The normalized spacial score (nSPS) is 27.3. The van der Waals surface area contributed by atoms with Crippen LogP contribution in [0.2, 0.25) is 0 Å². The molecule has 0 aliphatic carbocycles. The number of rotatable bonds is 2. The van der Waals surface area contributed by atoms with E-state index >= 15 is 0 Å². The minimum Gasteiger partial charge on any atom is -0.341 e. The molecular weight excluding hydrogens is 220 g/mol. The Morgan fingerprint density at radius 2 is 2.06 bits per heavy atom. The van der Waals surface area contributed by atoms with Crippen molar-refractivity contribution in [3.8, 4) is 0 Å². The third kappa shape index (κ3) is 3.67. The molecule has 1 aliphatic heterocycles. The Morgan fingerprint density at radius 3 is 2.65 bits per heavy atom. The number of urea groups is 1. The van der Waals surface area contributed by atoms with Crippen LogP contribution in [-0.2, 0) is 4.79 Å². The molecule has 0 aromatic rings. The predicted molar refractivity (Wildman–Crippen MR) is 65.7 cm³/mol. The number of amides is 3. The van der Waals surface area contributed by atoms with Gasteiger partial charge in [0.25, 0.3) is 0 Å². The van der Waals surface area contributed by atoms with Crippen molar-refractivity contribution in [1.29, 1.82) is 0 Å². The summed E-state index contributed by atoms with van der Waals surface area (Å²) in [6.45, 7) is 7.65. The van der Waals surface area contributed by atoms with Gasteiger partial charge in [-0.15, -0.1) is 0 Å². The van der Waals surface area contributed by atoms with Crippen molar-refractivity contribution in [2.45, 2.75) is 38.9 Å². The zero-order valence-electron chi connectivity index (χ0n) is 10.9. The van der Waals surface area contributed by atoms with Gasteiger partial charge in [0, 0.05) is 32.2 Å². The molecule has 98 valence electrons. The third-order valence-corrected chi connectivity index (χ3v) is 3.15. The first-order valence-electron chi connectivity index (χ1n) is 5.97. The summed E-state index contributed by atoms with van der Waals surface area (Å²) in [5, 5.41) is 8.04. The fourth-order valence-electron chi connectivity index (χ4n) is 2.02. The van der Waals surface area contributed by atoms with Gasteiger partial charge in [0.1, 0.15) is 0 Å². The minimum absolute atomic E-state index is 0.259. The molecule has 0 aromatic heterocycles. The Kier molecular flexibility index (Phi) is 4.89. The van der Waals surface area contributed by atoms with E-state index in [0.29, 0.717) is 6.04 Å². The van der Waals surface area contributed by atoms with Crippen molar-refractivity contribution >= 4 is 11.9 Å². The molecule has 1 heterocycles. The molecule has 3 unspecified atom stereocenters. The maximum absolute atomic E-state index is 11.8. The monoisotopic (exact) mass is 242 g/mol. The molecule has 0 saturated carbocycles. The van der Waals surface area contributed by atoms with Crippen molar-refractivity contribution in [3.05, 3.63) is 0 Å². The molecule has 1 fully saturated rings. The first kappa shape index (κ1) is 13.9. The van der Waals surface area contributed by atoms with E-state index in [-0.39, 0.29) is 18.0 Å². The molecule has 0 spiro atoms. The van der Waals surface area contributed by atoms with Gasteiger partial charge in [0.15, 0.2) is 0 Å². The first-order valence-corrected chi connectivity index (χ1v) is 5.97. The van der Waals surface area contributed by atoms with Gasteiger partial charge in [0.2, 0.25) is 5.91 Å². The maximum atomic E-state index is 11.8. The van der Waals surface area contributed by atoms with Crippen LogP contribution in [0.5, 0.6) is 0 Å². The van der Waals surface area contributed by atoms with Gasteiger partial charge in [-0.3, -0.25) is 15.0 Å². The van der Waals surface area contributed by atoms with Gasteiger partial charge < -0.3 is 10.6 Å². The predicted octanol–water partition coefficient (Wildman–Crippen LogP) is -0.487. The zero-order valence-corrected chi connectivity index (χ0v) is 10.9. The van der Waals surface area contributed by atoms with Crippen LogP contribution < -0.4 is 16.0 Å². The summed E-state index contributed by atoms with van der Waals surface area (Å²) in [4.78, 5) is 25.0. The van der Waals surface area contributed by atoms with Crippen molar-refractivity contribution in [1.82, 2.24) is 20.9 Å². The fourth-order valence-corrected chi connectivity index (χ4v) is 2.02. The summed E-state index contributed by atoms with van der Waals surface area (Å²) in [6, 6.07) is -0.109.